The monoisotopic (exact) mass is 265 g/mol. The SMILES string of the molecule is N#Cc1ccccc1NCCC(=O)c1cccc(N)c1. The van der Waals surface area contributed by atoms with Crippen LogP contribution >= 0.6 is 0 Å². The number of Topliss-reactive ketones (excluding diaryl/α,β-unsaturated/α-hetero) is 1. The van der Waals surface area contributed by atoms with Gasteiger partial charge in [0.15, 0.2) is 5.78 Å². The number of benzene rings is 2. The first-order chi connectivity index (χ1) is 9.70. The molecule has 0 saturated carbocycles. The molecular weight excluding hydrogens is 250 g/mol. The molecular formula is C16H15N3O. The van der Waals surface area contributed by atoms with Crippen LogP contribution in [-0.4, -0.2) is 12.3 Å². The highest BCUT2D eigenvalue weighted by Gasteiger charge is 2.06. The maximum atomic E-state index is 12.0. The minimum absolute atomic E-state index is 0.0271. The van der Waals surface area contributed by atoms with Crippen LogP contribution in [0, 0.1) is 11.3 Å². The first kappa shape index (κ1) is 13.6. The molecule has 3 N–H and O–H groups in total. The predicted octanol–water partition coefficient (Wildman–Crippen LogP) is 2.83. The molecule has 0 unspecified atom stereocenters. The molecule has 20 heavy (non-hydrogen) atoms. The second kappa shape index (κ2) is 6.39. The second-order valence-electron chi connectivity index (χ2n) is 4.38. The zero-order valence-corrected chi connectivity index (χ0v) is 11.0. The lowest BCUT2D eigenvalue weighted by atomic mass is 10.1. The lowest BCUT2D eigenvalue weighted by Crippen LogP contribution is -2.09. The van der Waals surface area contributed by atoms with E-state index in [4.69, 9.17) is 11.0 Å². The predicted molar refractivity (Wildman–Crippen MR) is 79.4 cm³/mol. The van der Waals surface area contributed by atoms with Crippen LogP contribution in [-0.2, 0) is 0 Å². The van der Waals surface area contributed by atoms with Gasteiger partial charge in [0.05, 0.1) is 11.3 Å². The van der Waals surface area contributed by atoms with Gasteiger partial charge in [-0.15, -0.1) is 0 Å². The van der Waals surface area contributed by atoms with Crippen molar-refractivity contribution in [2.75, 3.05) is 17.6 Å². The first-order valence-corrected chi connectivity index (χ1v) is 6.32. The molecule has 0 aromatic heterocycles. The molecule has 2 rings (SSSR count). The number of ketones is 1. The molecule has 0 aliphatic carbocycles. The van der Waals surface area contributed by atoms with Gasteiger partial charge in [0.2, 0.25) is 0 Å². The minimum atomic E-state index is 0.0271. The molecule has 4 heteroatoms. The van der Waals surface area contributed by atoms with Crippen molar-refractivity contribution < 1.29 is 4.79 Å². The lowest BCUT2D eigenvalue weighted by Gasteiger charge is -2.07. The molecule has 0 bridgehead atoms. The van der Waals surface area contributed by atoms with Crippen molar-refractivity contribution in [1.82, 2.24) is 0 Å². The molecule has 0 amide bonds. The summed E-state index contributed by atoms with van der Waals surface area (Å²) in [5, 5.41) is 12.1. The Labute approximate surface area is 117 Å². The summed E-state index contributed by atoms with van der Waals surface area (Å²) >= 11 is 0. The number of nitrogens with zero attached hydrogens (tertiary/aromatic N) is 1. The number of nitrogen functional groups attached to an aromatic ring is 1. The standard InChI is InChI=1S/C16H15N3O/c17-11-13-4-1-2-7-15(13)19-9-8-16(20)12-5-3-6-14(18)10-12/h1-7,10,19H,8-9,18H2. The third-order valence-electron chi connectivity index (χ3n) is 2.92. The van der Waals surface area contributed by atoms with E-state index in [1.54, 1.807) is 30.3 Å². The van der Waals surface area contributed by atoms with Crippen LogP contribution in [0.2, 0.25) is 0 Å². The van der Waals surface area contributed by atoms with Crippen LogP contribution in [0.5, 0.6) is 0 Å². The Morgan fingerprint density at radius 3 is 2.75 bits per heavy atom. The average Bonchev–Trinajstić information content (AvgIpc) is 2.47. The number of carbonyl (C=O) groups is 1. The lowest BCUT2D eigenvalue weighted by molar-refractivity contribution is 0.0986. The van der Waals surface area contributed by atoms with Gasteiger partial charge in [-0.3, -0.25) is 4.79 Å². The van der Waals surface area contributed by atoms with Crippen molar-refractivity contribution in [3.05, 3.63) is 59.7 Å². The molecule has 0 heterocycles. The fraction of sp³-hybridized carbons (Fsp3) is 0.125. The van der Waals surface area contributed by atoms with Crippen molar-refractivity contribution >= 4 is 17.2 Å². The highest BCUT2D eigenvalue weighted by molar-refractivity contribution is 5.97. The molecule has 0 fully saturated rings. The maximum Gasteiger partial charge on any atom is 0.164 e. The largest absolute Gasteiger partial charge is 0.399 e. The Morgan fingerprint density at radius 1 is 1.20 bits per heavy atom. The van der Waals surface area contributed by atoms with Crippen LogP contribution in [0.4, 0.5) is 11.4 Å². The van der Waals surface area contributed by atoms with Crippen LogP contribution in [0.3, 0.4) is 0 Å². The molecule has 100 valence electrons. The van der Waals surface area contributed by atoms with Crippen LogP contribution in [0.1, 0.15) is 22.3 Å². The van der Waals surface area contributed by atoms with E-state index in [0.717, 1.165) is 5.69 Å². The highest BCUT2D eigenvalue weighted by atomic mass is 16.1. The van der Waals surface area contributed by atoms with Crippen molar-refractivity contribution in [2.24, 2.45) is 0 Å². The Morgan fingerprint density at radius 2 is 2.00 bits per heavy atom. The summed E-state index contributed by atoms with van der Waals surface area (Å²) in [6.45, 7) is 0.478. The molecule has 2 aromatic carbocycles. The number of nitrogens with one attached hydrogen (secondary N) is 1. The van der Waals surface area contributed by atoms with Crippen LogP contribution in [0.15, 0.2) is 48.5 Å². The number of para-hydroxylation sites is 1. The molecule has 0 radical (unpaired) electrons. The number of hydrogen-bond acceptors (Lipinski definition) is 4. The number of anilines is 2. The zero-order valence-electron chi connectivity index (χ0n) is 11.0. The Hall–Kier alpha value is -2.80. The quantitative estimate of drug-likeness (QED) is 0.643. The first-order valence-electron chi connectivity index (χ1n) is 6.32. The molecule has 2 aromatic rings. The second-order valence-corrected chi connectivity index (χ2v) is 4.38. The minimum Gasteiger partial charge on any atom is -0.399 e. The number of nitriles is 1. The van der Waals surface area contributed by atoms with Gasteiger partial charge in [-0.2, -0.15) is 5.26 Å². The van der Waals surface area contributed by atoms with Crippen LogP contribution in [0.25, 0.3) is 0 Å². The smallest absolute Gasteiger partial charge is 0.164 e. The Bertz CT molecular complexity index is 659. The molecule has 0 aliphatic rings. The topological polar surface area (TPSA) is 78.9 Å². The third-order valence-corrected chi connectivity index (χ3v) is 2.92. The van der Waals surface area contributed by atoms with Gasteiger partial charge in [-0.25, -0.2) is 0 Å². The summed E-state index contributed by atoms with van der Waals surface area (Å²) in [6, 6.07) is 16.3. The third kappa shape index (κ3) is 3.36. The maximum absolute atomic E-state index is 12.0. The summed E-state index contributed by atoms with van der Waals surface area (Å²) in [4.78, 5) is 12.0. The number of nitrogens with two attached hydrogens (primary N) is 1. The summed E-state index contributed by atoms with van der Waals surface area (Å²) < 4.78 is 0. The number of rotatable bonds is 5. The summed E-state index contributed by atoms with van der Waals surface area (Å²) in [5.41, 5.74) is 8.16. The van der Waals surface area contributed by atoms with E-state index in [-0.39, 0.29) is 5.78 Å². The molecule has 0 spiro atoms. The van der Waals surface area contributed by atoms with E-state index in [1.807, 2.05) is 18.2 Å². The fourth-order valence-electron chi connectivity index (χ4n) is 1.90. The van der Waals surface area contributed by atoms with E-state index < -0.39 is 0 Å². The molecule has 0 atom stereocenters. The van der Waals surface area contributed by atoms with E-state index in [9.17, 15) is 4.79 Å². The molecule has 4 nitrogen and oxygen atoms in total. The highest BCUT2D eigenvalue weighted by Crippen LogP contribution is 2.14. The summed E-state index contributed by atoms with van der Waals surface area (Å²) in [6.07, 6.45) is 0.350. The van der Waals surface area contributed by atoms with E-state index in [2.05, 4.69) is 11.4 Å². The van der Waals surface area contributed by atoms with Gasteiger partial charge in [0, 0.05) is 24.2 Å². The van der Waals surface area contributed by atoms with E-state index in [1.165, 1.54) is 0 Å². The van der Waals surface area contributed by atoms with E-state index in [0.29, 0.717) is 29.8 Å². The average molecular weight is 265 g/mol. The molecule has 0 aliphatic heterocycles. The fourth-order valence-corrected chi connectivity index (χ4v) is 1.90. The normalized spacial score (nSPS) is 9.75. The van der Waals surface area contributed by atoms with Gasteiger partial charge in [0.25, 0.3) is 0 Å². The van der Waals surface area contributed by atoms with Crippen molar-refractivity contribution in [2.45, 2.75) is 6.42 Å². The Balaban J connectivity index is 1.93. The van der Waals surface area contributed by atoms with Crippen molar-refractivity contribution in [3.8, 4) is 6.07 Å². The van der Waals surface area contributed by atoms with Crippen LogP contribution < -0.4 is 11.1 Å². The summed E-state index contributed by atoms with van der Waals surface area (Å²) in [7, 11) is 0. The van der Waals surface area contributed by atoms with Gasteiger partial charge < -0.3 is 11.1 Å². The number of hydrogen-bond donors (Lipinski definition) is 2. The summed E-state index contributed by atoms with van der Waals surface area (Å²) in [5.74, 6) is 0.0271. The van der Waals surface area contributed by atoms with Gasteiger partial charge in [0.1, 0.15) is 6.07 Å². The molecule has 0 saturated heterocycles. The van der Waals surface area contributed by atoms with Crippen molar-refractivity contribution in [1.29, 1.82) is 5.26 Å². The zero-order chi connectivity index (χ0) is 14.4. The van der Waals surface area contributed by atoms with Gasteiger partial charge in [-0.1, -0.05) is 24.3 Å². The van der Waals surface area contributed by atoms with E-state index >= 15 is 0 Å². The Kier molecular flexibility index (Phi) is 4.35. The van der Waals surface area contributed by atoms with Crippen molar-refractivity contribution in [3.63, 3.8) is 0 Å². The van der Waals surface area contributed by atoms with Gasteiger partial charge in [-0.05, 0) is 24.3 Å². The van der Waals surface area contributed by atoms with Gasteiger partial charge >= 0.3 is 0 Å². The number of carbonyl (C=O) groups excluding carboxylic acids is 1.